The van der Waals surface area contributed by atoms with Crippen LogP contribution in [0.4, 0.5) is 0 Å². The van der Waals surface area contributed by atoms with Crippen molar-refractivity contribution in [3.05, 3.63) is 18.4 Å². The molecule has 0 aliphatic heterocycles. The van der Waals surface area contributed by atoms with Gasteiger partial charge in [0.05, 0.1) is 0 Å². The summed E-state index contributed by atoms with van der Waals surface area (Å²) < 4.78 is 0. The highest BCUT2D eigenvalue weighted by Crippen LogP contribution is 1.86. The number of hydrogen-bond acceptors (Lipinski definition) is 1. The van der Waals surface area contributed by atoms with E-state index in [1.807, 2.05) is 0 Å². The van der Waals surface area contributed by atoms with Gasteiger partial charge in [-0.05, 0) is 6.08 Å². The molecule has 1 atom stereocenters. The van der Waals surface area contributed by atoms with Crippen LogP contribution >= 0.6 is 0 Å². The van der Waals surface area contributed by atoms with Crippen molar-refractivity contribution >= 4 is 6.29 Å². The minimum Gasteiger partial charge on any atom is -0.303 e. The van der Waals surface area contributed by atoms with Gasteiger partial charge in [0.2, 0.25) is 0 Å². The van der Waals surface area contributed by atoms with Gasteiger partial charge in [-0.1, -0.05) is 13.5 Å². The van der Waals surface area contributed by atoms with Crippen LogP contribution in [0.1, 0.15) is 6.92 Å². The van der Waals surface area contributed by atoms with E-state index in [1.165, 1.54) is 0 Å². The van der Waals surface area contributed by atoms with Crippen molar-refractivity contribution in [1.29, 1.82) is 0 Å². The Balaban J connectivity index is 3.56. The lowest BCUT2D eigenvalue weighted by molar-refractivity contribution is -0.109. The Morgan fingerprint density at radius 2 is 2.43 bits per heavy atom. The van der Waals surface area contributed by atoms with Gasteiger partial charge in [-0.3, -0.25) is 0 Å². The molecule has 0 N–H and O–H groups in total. The molecule has 0 aromatic rings. The van der Waals surface area contributed by atoms with Gasteiger partial charge in [0, 0.05) is 5.92 Å². The van der Waals surface area contributed by atoms with Crippen LogP contribution in [-0.4, -0.2) is 6.29 Å². The lowest BCUT2D eigenvalue weighted by atomic mass is 10.2. The number of hydrogen-bond donors (Lipinski definition) is 0. The fourth-order valence-electron chi connectivity index (χ4n) is 0.225. The van der Waals surface area contributed by atoms with Gasteiger partial charge in [-0.15, -0.1) is 5.73 Å². The second-order valence-electron chi connectivity index (χ2n) is 1.37. The SMILES string of the molecule is C=C=CC(C)C=O. The average molecular weight is 96.1 g/mol. The van der Waals surface area contributed by atoms with E-state index in [0.717, 1.165) is 6.29 Å². The average Bonchev–Trinajstić information content (AvgIpc) is 1.68. The summed E-state index contributed by atoms with van der Waals surface area (Å²) in [5.41, 5.74) is 2.51. The lowest BCUT2D eigenvalue weighted by Crippen LogP contribution is -1.86. The summed E-state index contributed by atoms with van der Waals surface area (Å²) in [5, 5.41) is 0. The number of aldehydes is 1. The van der Waals surface area contributed by atoms with E-state index in [1.54, 1.807) is 13.0 Å². The third kappa shape index (κ3) is 3.01. The van der Waals surface area contributed by atoms with Gasteiger partial charge in [-0.25, -0.2) is 0 Å². The molecule has 0 aromatic heterocycles. The van der Waals surface area contributed by atoms with Gasteiger partial charge in [0.1, 0.15) is 6.29 Å². The quantitative estimate of drug-likeness (QED) is 0.372. The Kier molecular flexibility index (Phi) is 2.99. The first-order valence-electron chi connectivity index (χ1n) is 2.12. The third-order valence-corrected chi connectivity index (χ3v) is 0.595. The fraction of sp³-hybridized carbons (Fsp3) is 0.333. The van der Waals surface area contributed by atoms with Crippen molar-refractivity contribution in [2.45, 2.75) is 6.92 Å². The molecular formula is C6H8O. The summed E-state index contributed by atoms with van der Waals surface area (Å²) in [6, 6.07) is 0. The molecule has 1 nitrogen and oxygen atoms in total. The number of carbonyl (C=O) groups is 1. The van der Waals surface area contributed by atoms with Crippen LogP contribution in [0.3, 0.4) is 0 Å². The van der Waals surface area contributed by atoms with E-state index in [9.17, 15) is 4.79 Å². The lowest BCUT2D eigenvalue weighted by Gasteiger charge is -1.83. The molecule has 0 radical (unpaired) electrons. The predicted molar refractivity (Wildman–Crippen MR) is 28.9 cm³/mol. The Hall–Kier alpha value is -0.810. The summed E-state index contributed by atoms with van der Waals surface area (Å²) in [4.78, 5) is 9.80. The molecule has 7 heavy (non-hydrogen) atoms. The third-order valence-electron chi connectivity index (χ3n) is 0.595. The minimum absolute atomic E-state index is 0.0301. The molecule has 0 amide bonds. The van der Waals surface area contributed by atoms with Crippen molar-refractivity contribution in [2.24, 2.45) is 5.92 Å². The molecule has 0 spiro atoms. The summed E-state index contributed by atoms with van der Waals surface area (Å²) in [6.07, 6.45) is 2.46. The van der Waals surface area contributed by atoms with Gasteiger partial charge in [0.15, 0.2) is 0 Å². The summed E-state index contributed by atoms with van der Waals surface area (Å²) >= 11 is 0. The second-order valence-corrected chi connectivity index (χ2v) is 1.37. The minimum atomic E-state index is -0.0301. The van der Waals surface area contributed by atoms with Gasteiger partial charge < -0.3 is 4.79 Å². The monoisotopic (exact) mass is 96.1 g/mol. The second kappa shape index (κ2) is 3.38. The Bertz CT molecular complexity index is 98.7. The fourth-order valence-corrected chi connectivity index (χ4v) is 0.225. The highest BCUT2D eigenvalue weighted by molar-refractivity contribution is 5.55. The predicted octanol–water partition coefficient (Wildman–Crippen LogP) is 1.16. The van der Waals surface area contributed by atoms with E-state index in [-0.39, 0.29) is 5.92 Å². The van der Waals surface area contributed by atoms with E-state index >= 15 is 0 Å². The molecule has 0 rings (SSSR count). The van der Waals surface area contributed by atoms with Crippen molar-refractivity contribution < 1.29 is 4.79 Å². The van der Waals surface area contributed by atoms with Gasteiger partial charge in [-0.2, -0.15) is 0 Å². The molecular weight excluding hydrogens is 88.1 g/mol. The topological polar surface area (TPSA) is 17.1 Å². The Morgan fingerprint density at radius 1 is 1.86 bits per heavy atom. The van der Waals surface area contributed by atoms with E-state index in [0.29, 0.717) is 0 Å². The Morgan fingerprint density at radius 3 is 2.57 bits per heavy atom. The normalized spacial score (nSPS) is 11.6. The summed E-state index contributed by atoms with van der Waals surface area (Å²) in [7, 11) is 0. The first-order valence-corrected chi connectivity index (χ1v) is 2.12. The first-order chi connectivity index (χ1) is 3.31. The van der Waals surface area contributed by atoms with Crippen molar-refractivity contribution in [1.82, 2.24) is 0 Å². The standard InChI is InChI=1S/C6H8O/c1-3-4-6(2)5-7/h4-6H,1H2,2H3. The molecule has 0 heterocycles. The Labute approximate surface area is 43.3 Å². The molecule has 0 aliphatic carbocycles. The molecule has 0 aliphatic rings. The highest BCUT2D eigenvalue weighted by Gasteiger charge is 1.86. The van der Waals surface area contributed by atoms with Crippen LogP contribution in [0.2, 0.25) is 0 Å². The molecule has 0 saturated heterocycles. The van der Waals surface area contributed by atoms with Crippen LogP contribution < -0.4 is 0 Å². The largest absolute Gasteiger partial charge is 0.303 e. The summed E-state index contributed by atoms with van der Waals surface area (Å²) in [6.45, 7) is 5.09. The van der Waals surface area contributed by atoms with Crippen molar-refractivity contribution in [3.63, 3.8) is 0 Å². The molecule has 1 unspecified atom stereocenters. The molecule has 0 aromatic carbocycles. The molecule has 0 fully saturated rings. The van der Waals surface area contributed by atoms with E-state index in [2.05, 4.69) is 12.3 Å². The maximum atomic E-state index is 9.80. The maximum absolute atomic E-state index is 9.80. The van der Waals surface area contributed by atoms with Crippen LogP contribution in [0.25, 0.3) is 0 Å². The smallest absolute Gasteiger partial charge is 0.127 e. The van der Waals surface area contributed by atoms with Crippen LogP contribution in [0, 0.1) is 5.92 Å². The van der Waals surface area contributed by atoms with Gasteiger partial charge >= 0.3 is 0 Å². The van der Waals surface area contributed by atoms with Crippen LogP contribution in [-0.2, 0) is 4.79 Å². The molecule has 0 saturated carbocycles. The molecule has 0 bridgehead atoms. The number of carbonyl (C=O) groups excluding carboxylic acids is 1. The number of rotatable bonds is 2. The zero-order chi connectivity index (χ0) is 5.70. The molecule has 38 valence electrons. The van der Waals surface area contributed by atoms with E-state index < -0.39 is 0 Å². The van der Waals surface area contributed by atoms with E-state index in [4.69, 9.17) is 0 Å². The van der Waals surface area contributed by atoms with Gasteiger partial charge in [0.25, 0.3) is 0 Å². The molecule has 1 heteroatoms. The summed E-state index contributed by atoms with van der Waals surface area (Å²) in [5.74, 6) is -0.0301. The zero-order valence-corrected chi connectivity index (χ0v) is 4.35. The first kappa shape index (κ1) is 6.19. The number of allylic oxidation sites excluding steroid dienone is 1. The van der Waals surface area contributed by atoms with Crippen molar-refractivity contribution in [3.8, 4) is 0 Å². The highest BCUT2D eigenvalue weighted by atomic mass is 16.1. The zero-order valence-electron chi connectivity index (χ0n) is 4.35. The van der Waals surface area contributed by atoms with Crippen LogP contribution in [0.15, 0.2) is 18.4 Å². The van der Waals surface area contributed by atoms with Crippen LogP contribution in [0.5, 0.6) is 0 Å². The maximum Gasteiger partial charge on any atom is 0.127 e. The van der Waals surface area contributed by atoms with Crippen molar-refractivity contribution in [2.75, 3.05) is 0 Å².